The van der Waals surface area contributed by atoms with Crippen molar-refractivity contribution in [2.75, 3.05) is 13.6 Å². The van der Waals surface area contributed by atoms with Gasteiger partial charge >= 0.3 is 0 Å². The van der Waals surface area contributed by atoms with Crippen LogP contribution < -0.4 is 24.0 Å². The summed E-state index contributed by atoms with van der Waals surface area (Å²) in [5.74, 6) is 0. The summed E-state index contributed by atoms with van der Waals surface area (Å²) in [6.45, 7) is 2.44. The van der Waals surface area contributed by atoms with Gasteiger partial charge in [-0.15, -0.1) is 0 Å². The van der Waals surface area contributed by atoms with Crippen molar-refractivity contribution in [1.82, 2.24) is 0 Å². The van der Waals surface area contributed by atoms with Gasteiger partial charge in [-0.3, -0.25) is 20.2 Å². The SMILES string of the molecule is Cc1ccc(C2=[N+](C)CCc3ccc([N+](=O)[O-])cc32)cc1[N+](=O)[O-].[I-]. The number of hydrogen-bond acceptors (Lipinski definition) is 4. The van der Waals surface area contributed by atoms with Crippen LogP contribution in [-0.4, -0.2) is 33.7 Å². The van der Waals surface area contributed by atoms with Gasteiger partial charge in [0.25, 0.3) is 11.4 Å². The summed E-state index contributed by atoms with van der Waals surface area (Å²) >= 11 is 0. The maximum atomic E-state index is 11.2. The molecule has 0 fully saturated rings. The molecule has 0 atom stereocenters. The molecule has 0 unspecified atom stereocenters. The maximum Gasteiger partial charge on any atom is 0.273 e. The summed E-state index contributed by atoms with van der Waals surface area (Å²) in [5.41, 5.74) is 3.89. The molecule has 0 radical (unpaired) electrons. The molecule has 2 aromatic rings. The molecular weight excluding hydrogens is 437 g/mol. The van der Waals surface area contributed by atoms with Crippen LogP contribution in [0, 0.1) is 27.2 Å². The zero-order chi connectivity index (χ0) is 17.4. The molecule has 1 aliphatic rings. The summed E-state index contributed by atoms with van der Waals surface area (Å²) < 4.78 is 1.99. The summed E-state index contributed by atoms with van der Waals surface area (Å²) in [7, 11) is 1.89. The number of nitro benzene ring substituents is 2. The molecule has 0 N–H and O–H groups in total. The van der Waals surface area contributed by atoms with E-state index in [2.05, 4.69) is 0 Å². The molecule has 0 saturated carbocycles. The fourth-order valence-electron chi connectivity index (χ4n) is 3.05. The Hall–Kier alpha value is -2.36. The molecule has 0 bridgehead atoms. The van der Waals surface area contributed by atoms with Gasteiger partial charge in [-0.2, -0.15) is 0 Å². The van der Waals surface area contributed by atoms with E-state index in [4.69, 9.17) is 0 Å². The van der Waals surface area contributed by atoms with Crippen LogP contribution >= 0.6 is 0 Å². The summed E-state index contributed by atoms with van der Waals surface area (Å²) in [4.78, 5) is 21.5. The van der Waals surface area contributed by atoms with Crippen molar-refractivity contribution in [2.45, 2.75) is 13.3 Å². The van der Waals surface area contributed by atoms with E-state index in [0.29, 0.717) is 11.1 Å². The predicted octanol–water partition coefficient (Wildman–Crippen LogP) is -0.149. The largest absolute Gasteiger partial charge is 1.00 e. The first-order valence-electron chi connectivity index (χ1n) is 7.49. The first-order chi connectivity index (χ1) is 11.4. The van der Waals surface area contributed by atoms with Crippen molar-refractivity contribution in [3.05, 3.63) is 78.9 Å². The molecule has 0 aromatic heterocycles. The third-order valence-electron chi connectivity index (χ3n) is 4.34. The van der Waals surface area contributed by atoms with E-state index in [0.717, 1.165) is 29.8 Å². The average molecular weight is 453 g/mol. The van der Waals surface area contributed by atoms with Crippen LogP contribution in [0.5, 0.6) is 0 Å². The van der Waals surface area contributed by atoms with Gasteiger partial charge in [0.1, 0.15) is 13.6 Å². The first-order valence-corrected chi connectivity index (χ1v) is 7.49. The van der Waals surface area contributed by atoms with E-state index in [1.165, 1.54) is 12.1 Å². The van der Waals surface area contributed by atoms with Gasteiger partial charge in [0.05, 0.1) is 21.0 Å². The summed E-state index contributed by atoms with van der Waals surface area (Å²) in [6.07, 6.45) is 0.779. The highest BCUT2D eigenvalue weighted by atomic mass is 127. The van der Waals surface area contributed by atoms with Gasteiger partial charge < -0.3 is 24.0 Å². The molecule has 3 rings (SSSR count). The Balaban J connectivity index is 0.00000225. The minimum atomic E-state index is -0.426. The minimum Gasteiger partial charge on any atom is -1.00 e. The molecule has 25 heavy (non-hydrogen) atoms. The molecule has 0 saturated heterocycles. The average Bonchev–Trinajstić information content (AvgIpc) is 2.54. The van der Waals surface area contributed by atoms with Crippen molar-refractivity contribution in [1.29, 1.82) is 0 Å². The van der Waals surface area contributed by atoms with Crippen LogP contribution in [0.4, 0.5) is 11.4 Å². The van der Waals surface area contributed by atoms with Gasteiger partial charge in [0.2, 0.25) is 5.71 Å². The van der Waals surface area contributed by atoms with Gasteiger partial charge in [0, 0.05) is 30.2 Å². The van der Waals surface area contributed by atoms with Crippen LogP contribution in [0.1, 0.15) is 22.3 Å². The van der Waals surface area contributed by atoms with Crippen LogP contribution in [0.3, 0.4) is 0 Å². The zero-order valence-electron chi connectivity index (χ0n) is 13.7. The first kappa shape index (κ1) is 19.0. The number of rotatable bonds is 3. The Morgan fingerprint density at radius 3 is 2.40 bits per heavy atom. The van der Waals surface area contributed by atoms with Crippen molar-refractivity contribution < 1.29 is 38.4 Å². The van der Waals surface area contributed by atoms with E-state index in [9.17, 15) is 20.2 Å². The number of non-ortho nitro benzene ring substituents is 1. The third kappa shape index (κ3) is 3.53. The van der Waals surface area contributed by atoms with E-state index >= 15 is 0 Å². The second-order valence-electron chi connectivity index (χ2n) is 5.88. The predicted molar refractivity (Wildman–Crippen MR) is 88.9 cm³/mol. The summed E-state index contributed by atoms with van der Waals surface area (Å²) in [6, 6.07) is 9.88. The Labute approximate surface area is 161 Å². The lowest BCUT2D eigenvalue weighted by atomic mass is 9.91. The van der Waals surface area contributed by atoms with Gasteiger partial charge in [-0.1, -0.05) is 12.1 Å². The lowest BCUT2D eigenvalue weighted by Gasteiger charge is -2.16. The topological polar surface area (TPSA) is 89.3 Å². The number of likely N-dealkylation sites (N-methyl/N-ethyl adjacent to an activating group) is 1. The number of aryl methyl sites for hydroxylation is 1. The van der Waals surface area contributed by atoms with Crippen molar-refractivity contribution >= 4 is 17.1 Å². The Bertz CT molecular complexity index is 909. The molecule has 1 heterocycles. The van der Waals surface area contributed by atoms with Crippen molar-refractivity contribution in [2.24, 2.45) is 0 Å². The Morgan fingerprint density at radius 2 is 1.76 bits per heavy atom. The minimum absolute atomic E-state index is 0. The highest BCUT2D eigenvalue weighted by molar-refractivity contribution is 6.11. The number of benzene rings is 2. The van der Waals surface area contributed by atoms with Gasteiger partial charge in [0.15, 0.2) is 0 Å². The van der Waals surface area contributed by atoms with E-state index in [1.807, 2.05) is 17.7 Å². The lowest BCUT2D eigenvalue weighted by Crippen LogP contribution is -3.00. The summed E-state index contributed by atoms with van der Waals surface area (Å²) in [5, 5.41) is 22.3. The third-order valence-corrected chi connectivity index (χ3v) is 4.34. The number of fused-ring (bicyclic) bond motifs is 1. The fourth-order valence-corrected chi connectivity index (χ4v) is 3.05. The Morgan fingerprint density at radius 1 is 1.04 bits per heavy atom. The van der Waals surface area contributed by atoms with Gasteiger partial charge in [-0.05, 0) is 18.6 Å². The zero-order valence-corrected chi connectivity index (χ0v) is 15.9. The van der Waals surface area contributed by atoms with E-state index in [1.54, 1.807) is 25.1 Å². The number of nitrogens with zero attached hydrogens (tertiary/aromatic N) is 3. The fraction of sp³-hybridized carbons (Fsp3) is 0.235. The van der Waals surface area contributed by atoms with Crippen LogP contribution in [0.2, 0.25) is 0 Å². The normalized spacial score (nSPS) is 13.0. The molecule has 2 aromatic carbocycles. The van der Waals surface area contributed by atoms with Crippen molar-refractivity contribution in [3.63, 3.8) is 0 Å². The molecule has 8 heteroatoms. The highest BCUT2D eigenvalue weighted by Gasteiger charge is 2.28. The molecule has 0 aliphatic carbocycles. The monoisotopic (exact) mass is 453 g/mol. The van der Waals surface area contributed by atoms with Crippen molar-refractivity contribution in [3.8, 4) is 0 Å². The van der Waals surface area contributed by atoms with Crippen LogP contribution in [0.25, 0.3) is 0 Å². The quantitative estimate of drug-likeness (QED) is 0.280. The van der Waals surface area contributed by atoms with Crippen LogP contribution in [0.15, 0.2) is 36.4 Å². The molecule has 0 amide bonds. The second-order valence-corrected chi connectivity index (χ2v) is 5.88. The lowest BCUT2D eigenvalue weighted by molar-refractivity contribution is -0.497. The second kappa shape index (κ2) is 7.26. The van der Waals surface area contributed by atoms with Gasteiger partial charge in [-0.25, -0.2) is 4.58 Å². The van der Waals surface area contributed by atoms with E-state index < -0.39 is 9.85 Å². The molecule has 130 valence electrons. The molecule has 1 aliphatic heterocycles. The smallest absolute Gasteiger partial charge is 0.273 e. The van der Waals surface area contributed by atoms with E-state index in [-0.39, 0.29) is 35.4 Å². The standard InChI is InChI=1S/C17H16N3O4.HI/c1-11-3-4-13(9-16(11)20(23)24)17-15-10-14(19(21)22)6-5-12(15)7-8-18(17)2;/h3-6,9-10H,7-8H2,1-2H3;1H/q+1;/p-1. The van der Waals surface area contributed by atoms with Crippen LogP contribution in [-0.2, 0) is 6.42 Å². The molecule has 7 nitrogen and oxygen atoms in total. The molecule has 0 spiro atoms. The number of halogens is 1. The number of nitro groups is 2. The Kier molecular flexibility index (Phi) is 5.51. The molecular formula is C17H16IN3O4. The maximum absolute atomic E-state index is 11.2. The highest BCUT2D eigenvalue weighted by Crippen LogP contribution is 2.27. The number of hydrogen-bond donors (Lipinski definition) is 0.